The molecule has 1 aromatic rings. The zero-order valence-electron chi connectivity index (χ0n) is 28.6. The van der Waals surface area contributed by atoms with Gasteiger partial charge >= 0.3 is 24.0 Å². The van der Waals surface area contributed by atoms with Crippen LogP contribution in [-0.4, -0.2) is 95.8 Å². The van der Waals surface area contributed by atoms with Gasteiger partial charge < -0.3 is 43.7 Å². The first-order chi connectivity index (χ1) is 21.8. The van der Waals surface area contributed by atoms with Crippen molar-refractivity contribution in [3.05, 3.63) is 35.1 Å². The number of benzene rings is 1. The van der Waals surface area contributed by atoms with Crippen molar-refractivity contribution in [2.24, 2.45) is 0 Å². The number of amides is 1. The van der Waals surface area contributed by atoms with E-state index >= 15 is 0 Å². The molecule has 47 heavy (non-hydrogen) atoms. The molecule has 5 rings (SSSR count). The topological polar surface area (TPSA) is 159 Å². The molecule has 1 aromatic carbocycles. The van der Waals surface area contributed by atoms with Gasteiger partial charge in [-0.2, -0.15) is 0 Å². The molecule has 258 valence electrons. The second-order valence-electron chi connectivity index (χ2n) is 14.8. The molecule has 1 saturated heterocycles. The maximum Gasteiger partial charge on any atom is 0.408 e. The first-order valence-electron chi connectivity index (χ1n) is 15.9. The molecule has 0 saturated carbocycles. The molecule has 2 N–H and O–H groups in total. The predicted molar refractivity (Wildman–Crippen MR) is 167 cm³/mol. The summed E-state index contributed by atoms with van der Waals surface area (Å²) in [5.74, 6) is -1.41. The third kappa shape index (κ3) is 6.27. The number of nitrogens with one attached hydrogen (secondary N) is 1. The first kappa shape index (κ1) is 34.5. The van der Waals surface area contributed by atoms with E-state index in [1.165, 1.54) is 6.92 Å². The second-order valence-corrected chi connectivity index (χ2v) is 14.8. The van der Waals surface area contributed by atoms with Gasteiger partial charge in [0.1, 0.15) is 23.0 Å². The summed E-state index contributed by atoms with van der Waals surface area (Å²) in [6.07, 6.45) is -0.643. The number of likely N-dealkylation sites (N-methyl/N-ethyl adjacent to an activating group) is 1. The van der Waals surface area contributed by atoms with Crippen LogP contribution < -0.4 is 14.8 Å². The molecule has 13 nitrogen and oxygen atoms in total. The zero-order chi connectivity index (χ0) is 34.7. The Balaban J connectivity index is 1.31. The smallest absolute Gasteiger partial charge is 0.408 e. The lowest BCUT2D eigenvalue weighted by Gasteiger charge is -2.61. The Morgan fingerprint density at radius 3 is 2.40 bits per heavy atom. The van der Waals surface area contributed by atoms with Gasteiger partial charge in [0.05, 0.1) is 24.5 Å². The maximum atomic E-state index is 13.4. The largest absolute Gasteiger partial charge is 0.493 e. The van der Waals surface area contributed by atoms with Crippen LogP contribution in [0.4, 0.5) is 4.79 Å². The van der Waals surface area contributed by atoms with Gasteiger partial charge in [-0.1, -0.05) is 6.07 Å². The predicted octanol–water partition coefficient (Wildman–Crippen LogP) is 3.07. The van der Waals surface area contributed by atoms with Gasteiger partial charge in [-0.3, -0.25) is 4.79 Å². The lowest BCUT2D eigenvalue weighted by atomic mass is 9.50. The van der Waals surface area contributed by atoms with Crippen molar-refractivity contribution in [2.45, 2.75) is 121 Å². The molecule has 2 aliphatic carbocycles. The van der Waals surface area contributed by atoms with E-state index in [1.807, 2.05) is 19.2 Å². The van der Waals surface area contributed by atoms with Crippen LogP contribution in [0.3, 0.4) is 0 Å². The van der Waals surface area contributed by atoms with Crippen molar-refractivity contribution in [2.75, 3.05) is 20.7 Å². The highest BCUT2D eigenvalue weighted by Gasteiger charge is 2.72. The lowest BCUT2D eigenvalue weighted by molar-refractivity contribution is -0.176. The van der Waals surface area contributed by atoms with Crippen LogP contribution in [0.5, 0.6) is 11.5 Å². The number of hydrogen-bond acceptors (Lipinski definition) is 12. The number of methoxy groups -OCH3 is 1. The minimum Gasteiger partial charge on any atom is -0.493 e. The van der Waals surface area contributed by atoms with Crippen LogP contribution in [0.1, 0.15) is 78.9 Å². The van der Waals surface area contributed by atoms with E-state index in [4.69, 9.17) is 28.4 Å². The zero-order valence-corrected chi connectivity index (χ0v) is 28.6. The molecule has 4 aliphatic rings. The molecule has 1 fully saturated rings. The molecule has 2 aliphatic heterocycles. The van der Waals surface area contributed by atoms with Gasteiger partial charge in [0.25, 0.3) is 0 Å². The van der Waals surface area contributed by atoms with E-state index in [1.54, 1.807) is 54.7 Å². The quantitative estimate of drug-likeness (QED) is 0.311. The van der Waals surface area contributed by atoms with E-state index < -0.39 is 70.9 Å². The van der Waals surface area contributed by atoms with Gasteiger partial charge in [-0.05, 0) is 92.6 Å². The molecule has 2 heterocycles. The fourth-order valence-corrected chi connectivity index (χ4v) is 7.26. The van der Waals surface area contributed by atoms with Crippen LogP contribution in [0, 0.1) is 0 Å². The van der Waals surface area contributed by atoms with Gasteiger partial charge in [-0.15, -0.1) is 0 Å². The number of piperidine rings is 1. The van der Waals surface area contributed by atoms with Crippen molar-refractivity contribution in [3.8, 4) is 11.5 Å². The number of carbonyl (C=O) groups is 4. The summed E-state index contributed by atoms with van der Waals surface area (Å²) in [5.41, 5.74) is -1.86. The van der Waals surface area contributed by atoms with Crippen LogP contribution in [0.15, 0.2) is 24.0 Å². The van der Waals surface area contributed by atoms with E-state index in [-0.39, 0.29) is 18.2 Å². The van der Waals surface area contributed by atoms with Crippen molar-refractivity contribution in [1.82, 2.24) is 10.2 Å². The number of hydrogen-bond donors (Lipinski definition) is 2. The molecule has 6 atom stereocenters. The van der Waals surface area contributed by atoms with Gasteiger partial charge in [0.2, 0.25) is 0 Å². The molecule has 0 radical (unpaired) electrons. The molecular formula is C34H46N2O11. The Morgan fingerprint density at radius 2 is 1.77 bits per heavy atom. The third-order valence-corrected chi connectivity index (χ3v) is 9.17. The Kier molecular flexibility index (Phi) is 8.80. The van der Waals surface area contributed by atoms with Crippen LogP contribution >= 0.6 is 0 Å². The van der Waals surface area contributed by atoms with Gasteiger partial charge in [-0.25, -0.2) is 14.4 Å². The second kappa shape index (κ2) is 12.0. The number of ether oxygens (including phenoxy) is 6. The summed E-state index contributed by atoms with van der Waals surface area (Å²) < 4.78 is 34.0. The molecule has 1 amide bonds. The number of carbonyl (C=O) groups excluding carboxylic acids is 4. The minimum absolute atomic E-state index is 0.171. The molecular weight excluding hydrogens is 612 g/mol. The Morgan fingerprint density at radius 1 is 1.09 bits per heavy atom. The van der Waals surface area contributed by atoms with Crippen molar-refractivity contribution in [1.29, 1.82) is 0 Å². The van der Waals surface area contributed by atoms with E-state index in [2.05, 4.69) is 10.2 Å². The maximum absolute atomic E-state index is 13.4. The van der Waals surface area contributed by atoms with Gasteiger partial charge in [0, 0.05) is 18.0 Å². The van der Waals surface area contributed by atoms with E-state index in [0.29, 0.717) is 30.9 Å². The fourth-order valence-electron chi connectivity index (χ4n) is 7.26. The molecule has 0 aromatic heterocycles. The van der Waals surface area contributed by atoms with Crippen molar-refractivity contribution >= 4 is 24.0 Å². The normalized spacial score (nSPS) is 27.2. The van der Waals surface area contributed by atoms with Crippen molar-refractivity contribution in [3.63, 3.8) is 0 Å². The summed E-state index contributed by atoms with van der Waals surface area (Å²) >= 11 is 0. The number of aliphatic hydroxyl groups is 1. The van der Waals surface area contributed by atoms with Crippen molar-refractivity contribution < 1.29 is 52.7 Å². The highest BCUT2D eigenvalue weighted by molar-refractivity contribution is 5.87. The number of rotatable bonds is 8. The molecule has 1 spiro atoms. The van der Waals surface area contributed by atoms with Crippen LogP contribution in [0.25, 0.3) is 0 Å². The molecule has 0 unspecified atom stereocenters. The Bertz CT molecular complexity index is 1490. The highest BCUT2D eigenvalue weighted by atomic mass is 16.6. The number of esters is 3. The summed E-state index contributed by atoms with van der Waals surface area (Å²) in [4.78, 5) is 53.8. The summed E-state index contributed by atoms with van der Waals surface area (Å²) in [6, 6.07) is 2.25. The number of nitrogens with zero attached hydrogens (tertiary/aromatic N) is 1. The summed E-state index contributed by atoms with van der Waals surface area (Å²) in [6.45, 7) is 12.0. The number of alkyl carbamates (subject to hydrolysis) is 1. The lowest BCUT2D eigenvalue weighted by Crippen LogP contribution is -2.74. The Hall–Kier alpha value is -3.84. The van der Waals surface area contributed by atoms with Gasteiger partial charge in [0.15, 0.2) is 23.7 Å². The molecule has 2 bridgehead atoms. The monoisotopic (exact) mass is 658 g/mol. The fraction of sp³-hybridized carbons (Fsp3) is 0.647. The standard InChI is InChI=1S/C34H46N2O11/c1-18(43-24(37)17-20(29(39)46-31(2,3)4)35-30(40)47-32(5,6)7)28(38)44-22-12-13-34(41)23-16-19-10-11-21(42-9)26-25(19)33(34,27(22)45-26)14-15-36(23)8/h10-12,18,20,23,27,41H,13-17H2,1-9H3,(H,35,40)/t18-,20-,23+,27-,33-,34+/m0/s1. The summed E-state index contributed by atoms with van der Waals surface area (Å²) in [7, 11) is 3.55. The summed E-state index contributed by atoms with van der Waals surface area (Å²) in [5, 5.41) is 14.7. The van der Waals surface area contributed by atoms with Crippen LogP contribution in [0.2, 0.25) is 0 Å². The number of likely N-dealkylation sites (tertiary alicyclic amines) is 1. The highest BCUT2D eigenvalue weighted by Crippen LogP contribution is 2.65. The SMILES string of the molecule is COc1ccc2c3c1O[C@H]1C(OC(=O)[C@H](C)OC(=O)C[C@H](NC(=O)OC(C)(C)C)C(=O)OC(C)(C)C)=CC[C@@]4(O)[C@@H](C2)N(C)CC[C@]314. The van der Waals surface area contributed by atoms with E-state index in [0.717, 1.165) is 11.1 Å². The first-order valence-corrected chi connectivity index (χ1v) is 15.9. The average molecular weight is 659 g/mol. The minimum atomic E-state index is -1.43. The van der Waals surface area contributed by atoms with Crippen LogP contribution in [-0.2, 0) is 45.2 Å². The Labute approximate surface area is 274 Å². The average Bonchev–Trinajstić information content (AvgIpc) is 3.30. The molecule has 13 heteroatoms. The third-order valence-electron chi connectivity index (χ3n) is 9.17. The van der Waals surface area contributed by atoms with E-state index in [9.17, 15) is 24.3 Å².